The number of hydrogen-bond acceptors (Lipinski definition) is 12. The maximum atomic E-state index is 11.7. The molecule has 2 aliphatic rings. The monoisotopic (exact) mass is 474 g/mol. The standard InChI is InChI=1S/C20H29NO12/c1-7(2)18(28)30-6-10-13(24)16(11(21-9(4)22)19(29-5)31-10)33-20-14(25)12(23)8(3)15(32-20)17(26)27/h8,10-16,19-20,23-25H,1,3,5-6H2,2,4H3,(H,21,22)(H,26,27)/p-1/t8-,10?,11?,12?,13?,14?,15?,16?,19?,20?/m0/s1. The van der Waals surface area contributed by atoms with Crippen molar-refractivity contribution in [3.8, 4) is 0 Å². The number of rotatable bonds is 8. The van der Waals surface area contributed by atoms with E-state index in [1.807, 2.05) is 0 Å². The first-order chi connectivity index (χ1) is 15.4. The van der Waals surface area contributed by atoms with E-state index in [-0.39, 0.29) is 5.57 Å². The zero-order valence-electron chi connectivity index (χ0n) is 18.1. The molecule has 2 rings (SSSR count). The van der Waals surface area contributed by atoms with Crippen LogP contribution in [0.2, 0.25) is 0 Å². The lowest BCUT2D eigenvalue weighted by molar-refractivity contribution is -0.357. The van der Waals surface area contributed by atoms with Gasteiger partial charge in [-0.05, 0) is 6.92 Å². The van der Waals surface area contributed by atoms with Crippen molar-refractivity contribution in [2.75, 3.05) is 6.61 Å². The molecule has 0 aromatic heterocycles. The Morgan fingerprint density at radius 2 is 1.76 bits per heavy atom. The molecule has 0 aromatic rings. The average molecular weight is 474 g/mol. The van der Waals surface area contributed by atoms with E-state index in [2.05, 4.69) is 25.9 Å². The molecule has 4 N–H and O–H groups in total. The van der Waals surface area contributed by atoms with Gasteiger partial charge in [0.15, 0.2) is 18.5 Å². The number of amides is 1. The molecule has 33 heavy (non-hydrogen) atoms. The number of carbonyl (C=O) groups excluding carboxylic acids is 3. The van der Waals surface area contributed by atoms with Gasteiger partial charge < -0.3 is 54.2 Å². The van der Waals surface area contributed by atoms with E-state index in [4.69, 9.17) is 23.7 Å². The number of aliphatic hydroxyl groups is 3. The maximum Gasteiger partial charge on any atom is 0.333 e. The van der Waals surface area contributed by atoms with Crippen LogP contribution in [0.1, 0.15) is 13.8 Å². The molecule has 9 unspecified atom stereocenters. The summed E-state index contributed by atoms with van der Waals surface area (Å²) in [5.41, 5.74) is 0.0953. The lowest BCUT2D eigenvalue weighted by Gasteiger charge is -2.48. The Balaban J connectivity index is 2.30. The molecule has 13 nitrogen and oxygen atoms in total. The molecule has 2 aliphatic heterocycles. The van der Waals surface area contributed by atoms with Crippen LogP contribution in [0.3, 0.4) is 0 Å². The van der Waals surface area contributed by atoms with Gasteiger partial charge in [0.1, 0.15) is 49.3 Å². The smallest absolute Gasteiger partial charge is 0.333 e. The molecule has 186 valence electrons. The van der Waals surface area contributed by atoms with Crippen molar-refractivity contribution in [1.29, 1.82) is 0 Å². The summed E-state index contributed by atoms with van der Waals surface area (Å²) in [6.45, 7) is 9.00. The van der Waals surface area contributed by atoms with Gasteiger partial charge in [0.2, 0.25) is 5.91 Å². The number of esters is 1. The third-order valence-corrected chi connectivity index (χ3v) is 5.20. The fourth-order valence-corrected chi connectivity index (χ4v) is 3.45. The maximum absolute atomic E-state index is 11.7. The van der Waals surface area contributed by atoms with E-state index in [1.165, 1.54) is 13.8 Å². The first-order valence-corrected chi connectivity index (χ1v) is 9.94. The highest BCUT2D eigenvalue weighted by atomic mass is 16.7. The van der Waals surface area contributed by atoms with Crippen molar-refractivity contribution in [3.05, 3.63) is 26.2 Å². The van der Waals surface area contributed by atoms with Crippen LogP contribution in [0.15, 0.2) is 12.2 Å². The van der Waals surface area contributed by atoms with Crippen molar-refractivity contribution in [1.82, 2.24) is 5.32 Å². The number of carboxylic acid groups (broad SMARTS) is 1. The van der Waals surface area contributed by atoms with Crippen molar-refractivity contribution in [2.24, 2.45) is 5.92 Å². The topological polar surface area (TPSA) is 193 Å². The van der Waals surface area contributed by atoms with Crippen molar-refractivity contribution in [3.63, 3.8) is 0 Å². The van der Waals surface area contributed by atoms with Crippen LogP contribution >= 0.6 is 0 Å². The van der Waals surface area contributed by atoms with Crippen LogP contribution in [0.4, 0.5) is 0 Å². The predicted molar refractivity (Wildman–Crippen MR) is 104 cm³/mol. The molecule has 2 heterocycles. The van der Waals surface area contributed by atoms with Crippen molar-refractivity contribution >= 4 is 17.8 Å². The SMILES string of the molecule is C=C(C)C(=O)OCC1OC(O[CH2-])C(NC(C)=O)C(OC2OC(C(=O)[O-])[C@@H]([CH2+])C(O)C2O)C1O. The second kappa shape index (κ2) is 11.2. The minimum Gasteiger partial charge on any atom is -0.547 e. The van der Waals surface area contributed by atoms with Gasteiger partial charge in [-0.25, -0.2) is 11.9 Å². The van der Waals surface area contributed by atoms with E-state index in [0.29, 0.717) is 0 Å². The minimum absolute atomic E-state index is 0.0953. The van der Waals surface area contributed by atoms with E-state index >= 15 is 0 Å². The highest BCUT2D eigenvalue weighted by molar-refractivity contribution is 5.86. The van der Waals surface area contributed by atoms with Gasteiger partial charge in [0.05, 0.1) is 12.9 Å². The van der Waals surface area contributed by atoms with Crippen LogP contribution in [0.5, 0.6) is 0 Å². The average Bonchev–Trinajstić information content (AvgIpc) is 2.74. The molecule has 0 aromatic carbocycles. The van der Waals surface area contributed by atoms with Gasteiger partial charge in [-0.2, -0.15) is 0 Å². The van der Waals surface area contributed by atoms with Gasteiger partial charge in [-0.1, -0.05) is 6.58 Å². The van der Waals surface area contributed by atoms with Crippen molar-refractivity contribution in [2.45, 2.75) is 69.1 Å². The second-order valence-corrected chi connectivity index (χ2v) is 7.80. The zero-order valence-corrected chi connectivity index (χ0v) is 18.1. The largest absolute Gasteiger partial charge is 0.547 e. The lowest BCUT2D eigenvalue weighted by atomic mass is 9.90. The Bertz CT molecular complexity index is 745. The number of aliphatic carboxylic acids is 1. The predicted octanol–water partition coefficient (Wildman–Crippen LogP) is -3.46. The molecule has 0 radical (unpaired) electrons. The summed E-state index contributed by atoms with van der Waals surface area (Å²) in [6, 6.07) is -1.23. The molecule has 1 amide bonds. The molecule has 13 heteroatoms. The molecule has 10 atom stereocenters. The number of carboxylic acids is 1. The summed E-state index contributed by atoms with van der Waals surface area (Å²) >= 11 is 0. The molecule has 2 fully saturated rings. The second-order valence-electron chi connectivity index (χ2n) is 7.80. The molecule has 0 aliphatic carbocycles. The third kappa shape index (κ3) is 6.20. The summed E-state index contributed by atoms with van der Waals surface area (Å²) in [4.78, 5) is 34.8. The normalized spacial score (nSPS) is 38.8. The summed E-state index contributed by atoms with van der Waals surface area (Å²) < 4.78 is 26.3. The van der Waals surface area contributed by atoms with Crippen LogP contribution in [-0.4, -0.2) is 95.0 Å². The molecule has 2 saturated heterocycles. The summed E-state index contributed by atoms with van der Waals surface area (Å²) in [5.74, 6) is -4.31. The van der Waals surface area contributed by atoms with Crippen LogP contribution in [-0.2, 0) is 38.1 Å². The molecule has 0 spiro atoms. The molecule has 0 bridgehead atoms. The first-order valence-electron chi connectivity index (χ1n) is 9.94. The van der Waals surface area contributed by atoms with Gasteiger partial charge in [-0.15, -0.1) is 0 Å². The summed E-state index contributed by atoms with van der Waals surface area (Å²) in [5, 5.41) is 45.2. The Kier molecular flexibility index (Phi) is 9.20. The molecular weight excluding hydrogens is 446 g/mol. The summed E-state index contributed by atoms with van der Waals surface area (Å²) in [6.07, 6.45) is -12.6. The van der Waals surface area contributed by atoms with Crippen LogP contribution in [0, 0.1) is 20.0 Å². The fraction of sp³-hybridized carbons (Fsp3) is 0.650. The third-order valence-electron chi connectivity index (χ3n) is 5.20. The number of hydrogen-bond donors (Lipinski definition) is 4. The van der Waals surface area contributed by atoms with Crippen LogP contribution < -0.4 is 10.4 Å². The van der Waals surface area contributed by atoms with Gasteiger partial charge in [0, 0.05) is 12.5 Å². The Morgan fingerprint density at radius 3 is 2.27 bits per heavy atom. The Morgan fingerprint density at radius 1 is 1.12 bits per heavy atom. The van der Waals surface area contributed by atoms with E-state index < -0.39 is 85.6 Å². The minimum atomic E-state index is -1.78. The van der Waals surface area contributed by atoms with E-state index in [0.717, 1.165) is 0 Å². The highest BCUT2D eigenvalue weighted by Gasteiger charge is 2.52. The number of ether oxygens (including phenoxy) is 5. The molecular formula is C20H28NO12-. The fourth-order valence-electron chi connectivity index (χ4n) is 3.45. The Hall–Kier alpha value is -2.26. The van der Waals surface area contributed by atoms with E-state index in [1.54, 1.807) is 0 Å². The van der Waals surface area contributed by atoms with Crippen molar-refractivity contribution < 1.29 is 58.5 Å². The summed E-state index contributed by atoms with van der Waals surface area (Å²) in [7, 11) is 3.25. The van der Waals surface area contributed by atoms with Gasteiger partial charge >= 0.3 is 5.97 Å². The first kappa shape index (κ1) is 27.0. The van der Waals surface area contributed by atoms with E-state index in [9.17, 15) is 34.8 Å². The van der Waals surface area contributed by atoms with Crippen LogP contribution in [0.25, 0.3) is 0 Å². The van der Waals surface area contributed by atoms with Gasteiger partial charge in [-0.3, -0.25) is 4.79 Å². The number of carbonyl (C=O) groups is 3. The zero-order chi connectivity index (χ0) is 25.0. The number of aliphatic hydroxyl groups excluding tert-OH is 3. The quantitative estimate of drug-likeness (QED) is 0.155. The number of nitrogens with one attached hydrogen (secondary N) is 1. The highest BCUT2D eigenvalue weighted by Crippen LogP contribution is 2.31. The van der Waals surface area contributed by atoms with Gasteiger partial charge in [0.25, 0.3) is 0 Å². The molecule has 0 saturated carbocycles. The lowest BCUT2D eigenvalue weighted by Crippen LogP contribution is -2.67. The Labute approximate surface area is 190 Å².